The Bertz CT molecular complexity index is 1530. The standard InChI is InChI=1S/C34H32N2O5/c1-2-41-30(39)20-36-26-16-23(21-10-5-3-6-11-21)18-28(37)32(26)31(25-14-9-15-35-34(25)40)33-27(36)17-24(19-29(33)38)22-12-7-4-8-13-22/h3-15,23-24,31H,2,16-20H2,1H3,(H,35,40). The van der Waals surface area contributed by atoms with Crippen molar-refractivity contribution >= 4 is 17.5 Å². The summed E-state index contributed by atoms with van der Waals surface area (Å²) in [6.45, 7) is 1.88. The van der Waals surface area contributed by atoms with Crippen molar-refractivity contribution in [3.05, 3.63) is 129 Å². The minimum atomic E-state index is -0.781. The van der Waals surface area contributed by atoms with Crippen LogP contribution in [0.3, 0.4) is 0 Å². The number of nitrogens with one attached hydrogen (secondary N) is 1. The number of rotatable bonds is 6. The lowest BCUT2D eigenvalue weighted by atomic mass is 9.67. The van der Waals surface area contributed by atoms with E-state index in [0.717, 1.165) is 11.1 Å². The lowest BCUT2D eigenvalue weighted by Gasteiger charge is -2.45. The predicted octanol–water partition coefficient (Wildman–Crippen LogP) is 5.14. The molecule has 2 atom stereocenters. The molecule has 1 aromatic heterocycles. The molecule has 3 aromatic rings. The van der Waals surface area contributed by atoms with Crippen LogP contribution in [0.2, 0.25) is 0 Å². The summed E-state index contributed by atoms with van der Waals surface area (Å²) in [5, 5.41) is 0. The smallest absolute Gasteiger partial charge is 0.325 e. The normalized spacial score (nSPS) is 22.4. The summed E-state index contributed by atoms with van der Waals surface area (Å²) in [5.74, 6) is -1.59. The number of ether oxygens (including phenoxy) is 1. The second-order valence-corrected chi connectivity index (χ2v) is 10.9. The van der Waals surface area contributed by atoms with E-state index in [2.05, 4.69) is 4.98 Å². The van der Waals surface area contributed by atoms with E-state index in [0.29, 0.717) is 40.9 Å². The molecule has 2 aliphatic carbocycles. The van der Waals surface area contributed by atoms with Crippen LogP contribution in [-0.2, 0) is 19.1 Å². The molecule has 2 heterocycles. The molecule has 1 aliphatic heterocycles. The average Bonchev–Trinajstić information content (AvgIpc) is 2.99. The second kappa shape index (κ2) is 11.2. The van der Waals surface area contributed by atoms with Crippen LogP contribution in [0.4, 0.5) is 0 Å². The van der Waals surface area contributed by atoms with E-state index in [1.807, 2.05) is 65.6 Å². The number of benzene rings is 2. The zero-order valence-corrected chi connectivity index (χ0v) is 23.0. The van der Waals surface area contributed by atoms with Gasteiger partial charge < -0.3 is 14.6 Å². The number of hydrogen-bond donors (Lipinski definition) is 1. The highest BCUT2D eigenvalue weighted by molar-refractivity contribution is 6.07. The number of aromatic nitrogens is 1. The number of H-pyrrole nitrogens is 1. The van der Waals surface area contributed by atoms with Gasteiger partial charge >= 0.3 is 5.97 Å². The van der Waals surface area contributed by atoms with Gasteiger partial charge in [-0.05, 0) is 48.8 Å². The summed E-state index contributed by atoms with van der Waals surface area (Å²) in [6, 6.07) is 23.2. The molecule has 3 aliphatic rings. The third-order valence-electron chi connectivity index (χ3n) is 8.49. The number of nitrogens with zero attached hydrogens (tertiary/aromatic N) is 1. The number of pyridine rings is 1. The Morgan fingerprint density at radius 3 is 1.80 bits per heavy atom. The van der Waals surface area contributed by atoms with E-state index in [9.17, 15) is 19.2 Å². The Kier molecular flexibility index (Phi) is 7.26. The van der Waals surface area contributed by atoms with Crippen LogP contribution in [0, 0.1) is 0 Å². The maximum absolute atomic E-state index is 14.1. The molecule has 7 heteroatoms. The largest absolute Gasteiger partial charge is 0.465 e. The van der Waals surface area contributed by atoms with Crippen LogP contribution >= 0.6 is 0 Å². The van der Waals surface area contributed by atoms with Crippen LogP contribution in [0.15, 0.2) is 106 Å². The first-order chi connectivity index (χ1) is 20.0. The fourth-order valence-electron chi connectivity index (χ4n) is 6.72. The quantitative estimate of drug-likeness (QED) is 0.429. The molecule has 0 radical (unpaired) electrons. The SMILES string of the molecule is CCOC(=O)CN1C2=C(C(=O)CC(c3ccccc3)C2)C(c2ccc[nH]c2=O)C2=C1CC(c1ccccc1)CC2=O. The van der Waals surface area contributed by atoms with Crippen LogP contribution in [0.5, 0.6) is 0 Å². The van der Waals surface area contributed by atoms with Gasteiger partial charge in [-0.25, -0.2) is 0 Å². The third-order valence-corrected chi connectivity index (χ3v) is 8.49. The predicted molar refractivity (Wildman–Crippen MR) is 154 cm³/mol. The van der Waals surface area contributed by atoms with Gasteiger partial charge in [0.25, 0.3) is 5.56 Å². The van der Waals surface area contributed by atoms with Crippen LogP contribution in [-0.4, -0.2) is 40.6 Å². The van der Waals surface area contributed by atoms with Crippen molar-refractivity contribution in [3.63, 3.8) is 0 Å². The maximum Gasteiger partial charge on any atom is 0.325 e. The molecule has 0 fully saturated rings. The molecule has 0 spiro atoms. The summed E-state index contributed by atoms with van der Waals surface area (Å²) < 4.78 is 5.36. The lowest BCUT2D eigenvalue weighted by Crippen LogP contribution is -2.44. The second-order valence-electron chi connectivity index (χ2n) is 10.9. The Morgan fingerprint density at radius 1 is 0.780 bits per heavy atom. The molecular formula is C34H32N2O5. The Balaban J connectivity index is 1.55. The summed E-state index contributed by atoms with van der Waals surface area (Å²) >= 11 is 0. The van der Waals surface area contributed by atoms with Gasteiger partial charge in [0.1, 0.15) is 6.54 Å². The molecule has 208 valence electrons. The number of hydrogen-bond acceptors (Lipinski definition) is 6. The first kappa shape index (κ1) is 26.7. The van der Waals surface area contributed by atoms with Crippen molar-refractivity contribution in [1.29, 1.82) is 0 Å². The number of Topliss-reactive ketones (excluding diaryl/α,β-unsaturated/α-hetero) is 2. The van der Waals surface area contributed by atoms with E-state index < -0.39 is 11.9 Å². The van der Waals surface area contributed by atoms with Gasteiger partial charge in [0.15, 0.2) is 11.6 Å². The summed E-state index contributed by atoms with van der Waals surface area (Å²) in [5.41, 5.74) is 4.44. The van der Waals surface area contributed by atoms with Gasteiger partial charge in [-0.15, -0.1) is 0 Å². The topological polar surface area (TPSA) is 96.5 Å². The van der Waals surface area contributed by atoms with E-state index in [-0.39, 0.29) is 55.0 Å². The third kappa shape index (κ3) is 4.97. The van der Waals surface area contributed by atoms with Crippen LogP contribution < -0.4 is 5.56 Å². The van der Waals surface area contributed by atoms with Gasteiger partial charge in [-0.2, -0.15) is 0 Å². The fourth-order valence-corrected chi connectivity index (χ4v) is 6.72. The minimum absolute atomic E-state index is 0.0896. The van der Waals surface area contributed by atoms with Gasteiger partial charge in [0.05, 0.1) is 6.61 Å². The molecule has 0 saturated heterocycles. The molecular weight excluding hydrogens is 516 g/mol. The Morgan fingerprint density at radius 2 is 1.32 bits per heavy atom. The van der Waals surface area contributed by atoms with Gasteiger partial charge in [-0.3, -0.25) is 19.2 Å². The minimum Gasteiger partial charge on any atom is -0.465 e. The molecule has 0 bridgehead atoms. The van der Waals surface area contributed by atoms with Crippen molar-refractivity contribution in [2.45, 2.75) is 50.4 Å². The molecule has 1 N–H and O–H groups in total. The Labute approximate surface area is 238 Å². The highest BCUT2D eigenvalue weighted by Gasteiger charge is 2.47. The maximum atomic E-state index is 14.1. The monoisotopic (exact) mass is 548 g/mol. The molecule has 7 nitrogen and oxygen atoms in total. The summed E-state index contributed by atoms with van der Waals surface area (Å²) in [7, 11) is 0. The first-order valence-corrected chi connectivity index (χ1v) is 14.2. The number of carbonyl (C=O) groups is 3. The van der Waals surface area contributed by atoms with E-state index >= 15 is 0 Å². The summed E-state index contributed by atoms with van der Waals surface area (Å²) in [4.78, 5) is 59.0. The number of ketones is 2. The zero-order valence-electron chi connectivity index (χ0n) is 23.0. The average molecular weight is 549 g/mol. The first-order valence-electron chi connectivity index (χ1n) is 14.2. The molecule has 2 unspecified atom stereocenters. The lowest BCUT2D eigenvalue weighted by molar-refractivity contribution is -0.144. The van der Waals surface area contributed by atoms with Gasteiger partial charge in [0.2, 0.25) is 0 Å². The fraction of sp³-hybridized carbons (Fsp3) is 0.294. The van der Waals surface area contributed by atoms with Gasteiger partial charge in [-0.1, -0.05) is 66.7 Å². The zero-order chi connectivity index (χ0) is 28.5. The molecule has 0 amide bonds. The number of esters is 1. The van der Waals surface area contributed by atoms with Gasteiger partial charge in [0, 0.05) is 53.1 Å². The number of carbonyl (C=O) groups excluding carboxylic acids is 3. The van der Waals surface area contributed by atoms with Crippen LogP contribution in [0.25, 0.3) is 0 Å². The molecule has 6 rings (SSSR count). The Hall–Kier alpha value is -4.52. The van der Waals surface area contributed by atoms with E-state index in [1.165, 1.54) is 0 Å². The van der Waals surface area contributed by atoms with Crippen molar-refractivity contribution < 1.29 is 19.1 Å². The van der Waals surface area contributed by atoms with Crippen molar-refractivity contribution in [3.8, 4) is 0 Å². The van der Waals surface area contributed by atoms with E-state index in [4.69, 9.17) is 4.74 Å². The number of allylic oxidation sites excluding steroid dienone is 4. The highest BCUT2D eigenvalue weighted by Crippen LogP contribution is 2.52. The van der Waals surface area contributed by atoms with E-state index in [1.54, 1.807) is 25.3 Å². The molecule has 0 saturated carbocycles. The number of aromatic amines is 1. The van der Waals surface area contributed by atoms with Crippen LogP contribution in [0.1, 0.15) is 67.1 Å². The van der Waals surface area contributed by atoms with Crippen molar-refractivity contribution in [1.82, 2.24) is 9.88 Å². The highest BCUT2D eigenvalue weighted by atomic mass is 16.5. The summed E-state index contributed by atoms with van der Waals surface area (Å²) in [6.07, 6.45) is 3.09. The molecule has 2 aromatic carbocycles. The molecule has 41 heavy (non-hydrogen) atoms. The van der Waals surface area contributed by atoms with Crippen molar-refractivity contribution in [2.75, 3.05) is 13.2 Å². The van der Waals surface area contributed by atoms with Crippen molar-refractivity contribution in [2.24, 2.45) is 0 Å².